The van der Waals surface area contributed by atoms with Gasteiger partial charge in [0, 0.05) is 17.8 Å². The van der Waals surface area contributed by atoms with Gasteiger partial charge >= 0.3 is 0 Å². The number of hydrogen-bond donors (Lipinski definition) is 2. The standard InChI is InChI=1S/C17H13Cl2N3O/c18-14-6-7-15(19)16(8-14)21-11-13(9-20)17(23)22-10-12-4-2-1-3-5-12/h1-8,11,21H,10H2,(H,22,23)/b13-11-. The Hall–Kier alpha value is -2.48. The van der Waals surface area contributed by atoms with Gasteiger partial charge in [-0.25, -0.2) is 0 Å². The fraction of sp³-hybridized carbons (Fsp3) is 0.0588. The summed E-state index contributed by atoms with van der Waals surface area (Å²) in [5.74, 6) is -0.470. The van der Waals surface area contributed by atoms with Crippen LogP contribution in [0.4, 0.5) is 5.69 Å². The van der Waals surface area contributed by atoms with Crippen LogP contribution < -0.4 is 10.6 Å². The Morgan fingerprint density at radius 1 is 1.17 bits per heavy atom. The summed E-state index contributed by atoms with van der Waals surface area (Å²) in [6, 6.07) is 16.2. The van der Waals surface area contributed by atoms with Crippen molar-refractivity contribution in [3.63, 3.8) is 0 Å². The molecule has 0 unspecified atom stereocenters. The molecule has 0 atom stereocenters. The Kier molecular flexibility index (Phi) is 6.04. The third-order valence-corrected chi connectivity index (χ3v) is 3.53. The summed E-state index contributed by atoms with van der Waals surface area (Å²) >= 11 is 11.9. The van der Waals surface area contributed by atoms with Crippen LogP contribution >= 0.6 is 23.2 Å². The molecule has 0 radical (unpaired) electrons. The first-order chi connectivity index (χ1) is 11.1. The summed E-state index contributed by atoms with van der Waals surface area (Å²) < 4.78 is 0. The number of nitriles is 1. The van der Waals surface area contributed by atoms with Crippen LogP contribution in [0.2, 0.25) is 10.0 Å². The lowest BCUT2D eigenvalue weighted by atomic mass is 10.2. The minimum absolute atomic E-state index is 0.0584. The highest BCUT2D eigenvalue weighted by Gasteiger charge is 2.09. The zero-order chi connectivity index (χ0) is 16.7. The third kappa shape index (κ3) is 5.03. The molecule has 2 N–H and O–H groups in total. The summed E-state index contributed by atoms with van der Waals surface area (Å²) in [4.78, 5) is 12.0. The van der Waals surface area contributed by atoms with E-state index in [4.69, 9.17) is 28.5 Å². The molecule has 0 aliphatic carbocycles. The summed E-state index contributed by atoms with van der Waals surface area (Å²) in [7, 11) is 0. The highest BCUT2D eigenvalue weighted by molar-refractivity contribution is 6.35. The summed E-state index contributed by atoms with van der Waals surface area (Å²) in [5, 5.41) is 15.6. The van der Waals surface area contributed by atoms with Gasteiger partial charge in [-0.15, -0.1) is 0 Å². The van der Waals surface area contributed by atoms with Crippen LogP contribution in [0.5, 0.6) is 0 Å². The Morgan fingerprint density at radius 2 is 1.91 bits per heavy atom. The zero-order valence-corrected chi connectivity index (χ0v) is 13.5. The number of carbonyl (C=O) groups is 1. The Bertz CT molecular complexity index is 767. The third-order valence-electron chi connectivity index (χ3n) is 2.96. The van der Waals surface area contributed by atoms with Gasteiger partial charge in [-0.05, 0) is 23.8 Å². The maximum Gasteiger partial charge on any atom is 0.263 e. The van der Waals surface area contributed by atoms with E-state index in [2.05, 4.69) is 10.6 Å². The SMILES string of the molecule is N#C/C(=C/Nc1cc(Cl)ccc1Cl)C(=O)NCc1ccccc1. The van der Waals surface area contributed by atoms with E-state index in [1.807, 2.05) is 36.4 Å². The van der Waals surface area contributed by atoms with Crippen LogP contribution in [-0.4, -0.2) is 5.91 Å². The van der Waals surface area contributed by atoms with E-state index < -0.39 is 5.91 Å². The highest BCUT2D eigenvalue weighted by Crippen LogP contribution is 2.25. The second-order valence-corrected chi connectivity index (χ2v) is 5.45. The lowest BCUT2D eigenvalue weighted by Gasteiger charge is -2.07. The van der Waals surface area contributed by atoms with Gasteiger partial charge in [0.25, 0.3) is 5.91 Å². The molecule has 1 amide bonds. The van der Waals surface area contributed by atoms with Crippen molar-refractivity contribution in [1.82, 2.24) is 5.32 Å². The van der Waals surface area contributed by atoms with Crippen molar-refractivity contribution < 1.29 is 4.79 Å². The molecule has 2 aromatic rings. The number of amides is 1. The largest absolute Gasteiger partial charge is 0.359 e. The monoisotopic (exact) mass is 345 g/mol. The van der Waals surface area contributed by atoms with Gasteiger partial charge in [0.15, 0.2) is 0 Å². The minimum atomic E-state index is -0.470. The summed E-state index contributed by atoms with van der Waals surface area (Å²) in [6.45, 7) is 0.344. The molecule has 0 bridgehead atoms. The Morgan fingerprint density at radius 3 is 2.61 bits per heavy atom. The second-order valence-electron chi connectivity index (χ2n) is 4.61. The average molecular weight is 346 g/mol. The van der Waals surface area contributed by atoms with Crippen LogP contribution in [-0.2, 0) is 11.3 Å². The molecule has 0 heterocycles. The number of nitrogens with one attached hydrogen (secondary N) is 2. The molecule has 0 fully saturated rings. The lowest BCUT2D eigenvalue weighted by Crippen LogP contribution is -2.24. The van der Waals surface area contributed by atoms with E-state index >= 15 is 0 Å². The van der Waals surface area contributed by atoms with Crippen molar-refractivity contribution in [3.05, 3.63) is 75.9 Å². The van der Waals surface area contributed by atoms with Crippen molar-refractivity contribution in [3.8, 4) is 6.07 Å². The first kappa shape index (κ1) is 16.9. The number of hydrogen-bond acceptors (Lipinski definition) is 3. The quantitative estimate of drug-likeness (QED) is 0.632. The number of carbonyl (C=O) groups excluding carboxylic acids is 1. The molecule has 0 aromatic heterocycles. The van der Waals surface area contributed by atoms with Crippen LogP contribution in [0.15, 0.2) is 60.3 Å². The molecule has 0 aliphatic heterocycles. The fourth-order valence-electron chi connectivity index (χ4n) is 1.78. The fourth-order valence-corrected chi connectivity index (χ4v) is 2.12. The second kappa shape index (κ2) is 8.23. The van der Waals surface area contributed by atoms with Crippen molar-refractivity contribution in [2.24, 2.45) is 0 Å². The predicted octanol–water partition coefficient (Wildman–Crippen LogP) is 4.13. The molecule has 0 saturated carbocycles. The zero-order valence-electron chi connectivity index (χ0n) is 12.0. The number of halogens is 2. The molecule has 0 spiro atoms. The predicted molar refractivity (Wildman–Crippen MR) is 92.1 cm³/mol. The van der Waals surface area contributed by atoms with E-state index in [-0.39, 0.29) is 5.57 Å². The molecule has 0 aliphatic rings. The van der Waals surface area contributed by atoms with Gasteiger partial charge < -0.3 is 10.6 Å². The molecule has 116 valence electrons. The van der Waals surface area contributed by atoms with Crippen LogP contribution in [0.1, 0.15) is 5.56 Å². The van der Waals surface area contributed by atoms with Gasteiger partial charge in [0.05, 0.1) is 10.7 Å². The molecule has 2 rings (SSSR count). The summed E-state index contributed by atoms with van der Waals surface area (Å²) in [6.07, 6.45) is 1.30. The number of rotatable bonds is 5. The van der Waals surface area contributed by atoms with Gasteiger partial charge in [-0.2, -0.15) is 5.26 Å². The van der Waals surface area contributed by atoms with Crippen LogP contribution in [0, 0.1) is 11.3 Å². The van der Waals surface area contributed by atoms with Gasteiger partial charge in [0.2, 0.25) is 0 Å². The molecule has 6 heteroatoms. The Labute approximate surface area is 144 Å². The first-order valence-corrected chi connectivity index (χ1v) is 7.49. The van der Waals surface area contributed by atoms with E-state index in [0.29, 0.717) is 22.3 Å². The lowest BCUT2D eigenvalue weighted by molar-refractivity contribution is -0.117. The van der Waals surface area contributed by atoms with Crippen LogP contribution in [0.25, 0.3) is 0 Å². The minimum Gasteiger partial charge on any atom is -0.359 e. The summed E-state index contributed by atoms with van der Waals surface area (Å²) in [5.41, 5.74) is 1.41. The van der Waals surface area contributed by atoms with E-state index in [1.54, 1.807) is 18.2 Å². The van der Waals surface area contributed by atoms with E-state index in [1.165, 1.54) is 6.20 Å². The molecule has 4 nitrogen and oxygen atoms in total. The molecule has 2 aromatic carbocycles. The van der Waals surface area contributed by atoms with Gasteiger partial charge in [0.1, 0.15) is 11.6 Å². The van der Waals surface area contributed by atoms with Crippen molar-refractivity contribution in [2.45, 2.75) is 6.54 Å². The maximum atomic E-state index is 12.0. The maximum absolute atomic E-state index is 12.0. The molecular formula is C17H13Cl2N3O. The van der Waals surface area contributed by atoms with Crippen LogP contribution in [0.3, 0.4) is 0 Å². The first-order valence-electron chi connectivity index (χ1n) is 6.74. The molecule has 0 saturated heterocycles. The van der Waals surface area contributed by atoms with E-state index in [9.17, 15) is 4.79 Å². The topological polar surface area (TPSA) is 64.9 Å². The van der Waals surface area contributed by atoms with Crippen molar-refractivity contribution in [1.29, 1.82) is 5.26 Å². The van der Waals surface area contributed by atoms with Gasteiger partial charge in [-0.1, -0.05) is 53.5 Å². The smallest absolute Gasteiger partial charge is 0.263 e. The molecular weight excluding hydrogens is 333 g/mol. The highest BCUT2D eigenvalue weighted by atomic mass is 35.5. The normalized spacial score (nSPS) is 10.7. The number of nitrogens with zero attached hydrogens (tertiary/aromatic N) is 1. The van der Waals surface area contributed by atoms with Crippen molar-refractivity contribution in [2.75, 3.05) is 5.32 Å². The van der Waals surface area contributed by atoms with Crippen molar-refractivity contribution >= 4 is 34.8 Å². The molecule has 23 heavy (non-hydrogen) atoms. The Balaban J connectivity index is 2.02. The van der Waals surface area contributed by atoms with Gasteiger partial charge in [-0.3, -0.25) is 4.79 Å². The number of anilines is 1. The number of benzene rings is 2. The average Bonchev–Trinajstić information content (AvgIpc) is 2.57. The van der Waals surface area contributed by atoms with E-state index in [0.717, 1.165) is 5.56 Å².